The third kappa shape index (κ3) is 5.48. The molecule has 1 aromatic rings. The number of ether oxygens (including phenoxy) is 2. The Bertz CT molecular complexity index is 517. The quantitative estimate of drug-likeness (QED) is 0.732. The Morgan fingerprint density at radius 3 is 2.78 bits per heavy atom. The number of rotatable bonds is 7. The van der Waals surface area contributed by atoms with E-state index in [4.69, 9.17) is 15.2 Å². The van der Waals surface area contributed by atoms with Crippen LogP contribution in [-0.4, -0.2) is 50.3 Å². The molecule has 0 aliphatic carbocycles. The number of methoxy groups -OCH3 is 1. The van der Waals surface area contributed by atoms with Gasteiger partial charge in [-0.15, -0.1) is 0 Å². The highest BCUT2D eigenvalue weighted by Crippen LogP contribution is 2.24. The summed E-state index contributed by atoms with van der Waals surface area (Å²) in [5.41, 5.74) is 6.38. The Kier molecular flexibility index (Phi) is 7.33. The third-order valence-electron chi connectivity index (χ3n) is 4.08. The minimum Gasteiger partial charge on any atom is -0.496 e. The maximum atomic E-state index is 12.5. The first-order chi connectivity index (χ1) is 11.1. The molecule has 5 nitrogen and oxygen atoms in total. The SMILES string of the molecule is COc1ccc(Br)cc1CC(=O)N1CCC(OCCCN)CC1. The van der Waals surface area contributed by atoms with Gasteiger partial charge in [0.2, 0.25) is 5.91 Å². The minimum atomic E-state index is 0.141. The summed E-state index contributed by atoms with van der Waals surface area (Å²) in [7, 11) is 1.63. The van der Waals surface area contributed by atoms with Crippen molar-refractivity contribution in [2.45, 2.75) is 31.8 Å². The molecule has 128 valence electrons. The molecule has 23 heavy (non-hydrogen) atoms. The molecule has 1 aromatic carbocycles. The van der Waals surface area contributed by atoms with Crippen LogP contribution < -0.4 is 10.5 Å². The summed E-state index contributed by atoms with van der Waals surface area (Å²) in [6, 6.07) is 5.74. The standard InChI is InChI=1S/C17H25BrN2O3/c1-22-16-4-3-14(18)11-13(16)12-17(21)20-8-5-15(6-9-20)23-10-2-7-19/h3-4,11,15H,2,5-10,12,19H2,1H3. The lowest BCUT2D eigenvalue weighted by atomic mass is 10.1. The number of hydrogen-bond acceptors (Lipinski definition) is 4. The zero-order valence-electron chi connectivity index (χ0n) is 13.6. The van der Waals surface area contributed by atoms with Crippen molar-refractivity contribution >= 4 is 21.8 Å². The monoisotopic (exact) mass is 384 g/mol. The molecule has 1 saturated heterocycles. The topological polar surface area (TPSA) is 64.8 Å². The molecule has 0 radical (unpaired) electrons. The molecule has 0 aromatic heterocycles. The summed E-state index contributed by atoms with van der Waals surface area (Å²) in [6.07, 6.45) is 3.30. The van der Waals surface area contributed by atoms with Gasteiger partial charge in [-0.05, 0) is 44.0 Å². The molecular weight excluding hydrogens is 360 g/mol. The summed E-state index contributed by atoms with van der Waals surface area (Å²) in [5.74, 6) is 0.892. The van der Waals surface area contributed by atoms with Gasteiger partial charge in [0.25, 0.3) is 0 Å². The van der Waals surface area contributed by atoms with E-state index in [-0.39, 0.29) is 12.0 Å². The van der Waals surface area contributed by atoms with E-state index in [9.17, 15) is 4.79 Å². The smallest absolute Gasteiger partial charge is 0.227 e. The maximum absolute atomic E-state index is 12.5. The number of amides is 1. The van der Waals surface area contributed by atoms with Crippen molar-refractivity contribution in [2.75, 3.05) is 33.4 Å². The molecular formula is C17H25BrN2O3. The molecule has 1 fully saturated rings. The lowest BCUT2D eigenvalue weighted by Crippen LogP contribution is -2.41. The van der Waals surface area contributed by atoms with Gasteiger partial charge >= 0.3 is 0 Å². The summed E-state index contributed by atoms with van der Waals surface area (Å²) in [4.78, 5) is 14.4. The van der Waals surface area contributed by atoms with Crippen LogP contribution in [0.15, 0.2) is 22.7 Å². The number of nitrogens with zero attached hydrogens (tertiary/aromatic N) is 1. The van der Waals surface area contributed by atoms with Crippen LogP contribution in [0, 0.1) is 0 Å². The number of hydrogen-bond donors (Lipinski definition) is 1. The molecule has 0 saturated carbocycles. The molecule has 0 spiro atoms. The van der Waals surface area contributed by atoms with Gasteiger partial charge in [-0.25, -0.2) is 0 Å². The lowest BCUT2D eigenvalue weighted by Gasteiger charge is -2.32. The van der Waals surface area contributed by atoms with Crippen molar-refractivity contribution in [3.63, 3.8) is 0 Å². The van der Waals surface area contributed by atoms with Crippen LogP contribution >= 0.6 is 15.9 Å². The molecule has 2 N–H and O–H groups in total. The van der Waals surface area contributed by atoms with Crippen LogP contribution in [0.1, 0.15) is 24.8 Å². The van der Waals surface area contributed by atoms with Gasteiger partial charge in [0.05, 0.1) is 19.6 Å². The van der Waals surface area contributed by atoms with E-state index >= 15 is 0 Å². The second-order valence-electron chi connectivity index (χ2n) is 5.73. The summed E-state index contributed by atoms with van der Waals surface area (Å²) in [6.45, 7) is 2.88. The molecule has 6 heteroatoms. The molecule has 0 bridgehead atoms. The fourth-order valence-electron chi connectivity index (χ4n) is 2.77. The first-order valence-electron chi connectivity index (χ1n) is 8.06. The number of benzene rings is 1. The van der Waals surface area contributed by atoms with Crippen molar-refractivity contribution in [1.29, 1.82) is 0 Å². The van der Waals surface area contributed by atoms with Gasteiger partial charge < -0.3 is 20.1 Å². The number of piperidine rings is 1. The Morgan fingerprint density at radius 2 is 2.13 bits per heavy atom. The largest absolute Gasteiger partial charge is 0.496 e. The van der Waals surface area contributed by atoms with Gasteiger partial charge in [-0.3, -0.25) is 4.79 Å². The highest BCUT2D eigenvalue weighted by atomic mass is 79.9. The summed E-state index contributed by atoms with van der Waals surface area (Å²) >= 11 is 3.44. The Morgan fingerprint density at radius 1 is 1.39 bits per heavy atom. The predicted molar refractivity (Wildman–Crippen MR) is 93.6 cm³/mol. The van der Waals surface area contributed by atoms with Crippen LogP contribution in [0.2, 0.25) is 0 Å². The number of carbonyl (C=O) groups is 1. The highest BCUT2D eigenvalue weighted by molar-refractivity contribution is 9.10. The van der Waals surface area contributed by atoms with E-state index in [0.29, 0.717) is 19.6 Å². The summed E-state index contributed by atoms with van der Waals surface area (Å²) in [5, 5.41) is 0. The van der Waals surface area contributed by atoms with Crippen molar-refractivity contribution in [2.24, 2.45) is 5.73 Å². The summed E-state index contributed by atoms with van der Waals surface area (Å²) < 4.78 is 12.1. The van der Waals surface area contributed by atoms with Crippen LogP contribution in [0.5, 0.6) is 5.75 Å². The third-order valence-corrected chi connectivity index (χ3v) is 4.57. The fourth-order valence-corrected chi connectivity index (χ4v) is 3.17. The van der Waals surface area contributed by atoms with Crippen molar-refractivity contribution in [3.05, 3.63) is 28.2 Å². The van der Waals surface area contributed by atoms with Crippen LogP contribution in [0.3, 0.4) is 0 Å². The van der Waals surface area contributed by atoms with E-state index in [1.807, 2.05) is 23.1 Å². The number of nitrogens with two attached hydrogens (primary N) is 1. The van der Waals surface area contributed by atoms with Crippen LogP contribution in [0.25, 0.3) is 0 Å². The molecule has 0 unspecified atom stereocenters. The first-order valence-corrected chi connectivity index (χ1v) is 8.85. The molecule has 1 aliphatic heterocycles. The molecule has 1 heterocycles. The van der Waals surface area contributed by atoms with Gasteiger partial charge in [-0.2, -0.15) is 0 Å². The number of halogens is 1. The second kappa shape index (κ2) is 9.25. The van der Waals surface area contributed by atoms with E-state index in [1.165, 1.54) is 0 Å². The van der Waals surface area contributed by atoms with Crippen molar-refractivity contribution in [3.8, 4) is 5.75 Å². The Balaban J connectivity index is 1.84. The van der Waals surface area contributed by atoms with Gasteiger partial charge in [-0.1, -0.05) is 15.9 Å². The lowest BCUT2D eigenvalue weighted by molar-refractivity contribution is -0.133. The van der Waals surface area contributed by atoms with Crippen molar-refractivity contribution in [1.82, 2.24) is 4.90 Å². The van der Waals surface area contributed by atoms with Gasteiger partial charge in [0, 0.05) is 29.7 Å². The van der Waals surface area contributed by atoms with E-state index in [0.717, 1.165) is 48.1 Å². The van der Waals surface area contributed by atoms with E-state index in [1.54, 1.807) is 7.11 Å². The average molecular weight is 385 g/mol. The van der Waals surface area contributed by atoms with Gasteiger partial charge in [0.15, 0.2) is 0 Å². The average Bonchev–Trinajstić information content (AvgIpc) is 2.56. The van der Waals surface area contributed by atoms with Crippen LogP contribution in [-0.2, 0) is 16.0 Å². The molecule has 0 atom stereocenters. The Labute approximate surface area is 146 Å². The molecule has 1 aliphatic rings. The van der Waals surface area contributed by atoms with E-state index in [2.05, 4.69) is 15.9 Å². The highest BCUT2D eigenvalue weighted by Gasteiger charge is 2.23. The van der Waals surface area contributed by atoms with E-state index < -0.39 is 0 Å². The maximum Gasteiger partial charge on any atom is 0.227 e. The fraction of sp³-hybridized carbons (Fsp3) is 0.588. The minimum absolute atomic E-state index is 0.141. The molecule has 2 rings (SSSR count). The first kappa shape index (κ1) is 18.2. The van der Waals surface area contributed by atoms with Crippen molar-refractivity contribution < 1.29 is 14.3 Å². The van der Waals surface area contributed by atoms with Gasteiger partial charge in [0.1, 0.15) is 5.75 Å². The zero-order chi connectivity index (χ0) is 16.7. The predicted octanol–water partition coefficient (Wildman–Crippen LogP) is 2.36. The Hall–Kier alpha value is -1.11. The number of likely N-dealkylation sites (tertiary alicyclic amines) is 1. The zero-order valence-corrected chi connectivity index (χ0v) is 15.2. The second-order valence-corrected chi connectivity index (χ2v) is 6.64. The number of carbonyl (C=O) groups excluding carboxylic acids is 1. The van der Waals surface area contributed by atoms with Crippen LogP contribution in [0.4, 0.5) is 0 Å². The normalized spacial score (nSPS) is 15.7. The molecule has 1 amide bonds.